The standard InChI is InChI=1S/C14H16N2O3/c17-14(12-9-13(19-16-12)10-5-6-10)15-7-1-3-11-4-2-8-18-11/h2,4,8-10H,1,3,5-7H2,(H,15,17). The molecule has 0 aliphatic heterocycles. The van der Waals surface area contributed by atoms with E-state index >= 15 is 0 Å². The largest absolute Gasteiger partial charge is 0.469 e. The summed E-state index contributed by atoms with van der Waals surface area (Å²) in [6.45, 7) is 0.602. The van der Waals surface area contributed by atoms with Gasteiger partial charge in [0.05, 0.1) is 6.26 Å². The third-order valence-corrected chi connectivity index (χ3v) is 3.21. The van der Waals surface area contributed by atoms with Gasteiger partial charge in [0, 0.05) is 24.9 Å². The van der Waals surface area contributed by atoms with Crippen LogP contribution < -0.4 is 5.32 Å². The zero-order valence-corrected chi connectivity index (χ0v) is 10.6. The van der Waals surface area contributed by atoms with Crippen LogP contribution in [0.3, 0.4) is 0 Å². The molecule has 1 amide bonds. The van der Waals surface area contributed by atoms with Gasteiger partial charge in [-0.3, -0.25) is 4.79 Å². The molecule has 2 heterocycles. The highest BCUT2D eigenvalue weighted by atomic mass is 16.5. The molecule has 0 aromatic carbocycles. The molecule has 1 N–H and O–H groups in total. The Hall–Kier alpha value is -2.04. The van der Waals surface area contributed by atoms with Gasteiger partial charge in [-0.15, -0.1) is 0 Å². The maximum Gasteiger partial charge on any atom is 0.273 e. The Morgan fingerprint density at radius 3 is 3.11 bits per heavy atom. The molecule has 0 atom stereocenters. The van der Waals surface area contributed by atoms with Crippen molar-refractivity contribution >= 4 is 5.91 Å². The van der Waals surface area contributed by atoms with Crippen LogP contribution in [0.1, 0.15) is 47.2 Å². The molecule has 5 heteroatoms. The molecule has 5 nitrogen and oxygen atoms in total. The lowest BCUT2D eigenvalue weighted by atomic mass is 10.2. The average Bonchev–Trinajstić information content (AvgIpc) is 2.95. The summed E-state index contributed by atoms with van der Waals surface area (Å²) in [5.74, 6) is 2.08. The summed E-state index contributed by atoms with van der Waals surface area (Å²) in [5, 5.41) is 6.63. The van der Waals surface area contributed by atoms with E-state index in [4.69, 9.17) is 8.94 Å². The van der Waals surface area contributed by atoms with Crippen molar-refractivity contribution in [1.29, 1.82) is 0 Å². The molecule has 0 unspecified atom stereocenters. The van der Waals surface area contributed by atoms with Crippen molar-refractivity contribution in [2.75, 3.05) is 6.54 Å². The highest BCUT2D eigenvalue weighted by Crippen LogP contribution is 2.40. The predicted octanol–water partition coefficient (Wildman–Crippen LogP) is 2.51. The molecule has 1 fully saturated rings. The topological polar surface area (TPSA) is 68.3 Å². The van der Waals surface area contributed by atoms with Crippen LogP contribution in [0.5, 0.6) is 0 Å². The Bertz CT molecular complexity index is 541. The van der Waals surface area contributed by atoms with Gasteiger partial charge < -0.3 is 14.3 Å². The summed E-state index contributed by atoms with van der Waals surface area (Å²) < 4.78 is 10.4. The van der Waals surface area contributed by atoms with Crippen molar-refractivity contribution < 1.29 is 13.7 Å². The molecule has 1 saturated carbocycles. The number of rotatable bonds is 6. The first-order valence-electron chi connectivity index (χ1n) is 6.60. The second kappa shape index (κ2) is 5.30. The van der Waals surface area contributed by atoms with Crippen LogP contribution in [0.4, 0.5) is 0 Å². The summed E-state index contributed by atoms with van der Waals surface area (Å²) in [5.41, 5.74) is 0.375. The molecule has 1 aliphatic carbocycles. The van der Waals surface area contributed by atoms with E-state index in [1.54, 1.807) is 12.3 Å². The first-order valence-corrected chi connectivity index (χ1v) is 6.60. The second-order valence-electron chi connectivity index (χ2n) is 4.83. The monoisotopic (exact) mass is 260 g/mol. The molecule has 19 heavy (non-hydrogen) atoms. The normalized spacial score (nSPS) is 14.5. The Balaban J connectivity index is 1.42. The number of carbonyl (C=O) groups excluding carboxylic acids is 1. The lowest BCUT2D eigenvalue weighted by Crippen LogP contribution is -2.25. The maximum atomic E-state index is 11.8. The van der Waals surface area contributed by atoms with E-state index in [0.717, 1.165) is 37.2 Å². The van der Waals surface area contributed by atoms with Gasteiger partial charge in [0.1, 0.15) is 11.5 Å². The number of aryl methyl sites for hydroxylation is 1. The number of nitrogens with zero attached hydrogens (tertiary/aromatic N) is 1. The summed E-state index contributed by atoms with van der Waals surface area (Å²) in [7, 11) is 0. The second-order valence-corrected chi connectivity index (χ2v) is 4.83. The Labute approximate surface area is 111 Å². The highest BCUT2D eigenvalue weighted by molar-refractivity contribution is 5.92. The van der Waals surface area contributed by atoms with Crippen LogP contribution in [0.25, 0.3) is 0 Å². The molecule has 100 valence electrons. The Morgan fingerprint density at radius 2 is 2.37 bits per heavy atom. The number of hydrogen-bond acceptors (Lipinski definition) is 4. The van der Waals surface area contributed by atoms with Crippen LogP contribution >= 0.6 is 0 Å². The highest BCUT2D eigenvalue weighted by Gasteiger charge is 2.28. The minimum Gasteiger partial charge on any atom is -0.469 e. The van der Waals surface area contributed by atoms with Gasteiger partial charge in [0.15, 0.2) is 5.69 Å². The molecular formula is C14H16N2O3. The van der Waals surface area contributed by atoms with Crippen molar-refractivity contribution in [3.63, 3.8) is 0 Å². The molecule has 2 aromatic heterocycles. The first kappa shape index (κ1) is 12.0. The maximum absolute atomic E-state index is 11.8. The van der Waals surface area contributed by atoms with Crippen LogP contribution in [-0.4, -0.2) is 17.6 Å². The van der Waals surface area contributed by atoms with Gasteiger partial charge in [-0.1, -0.05) is 5.16 Å². The van der Waals surface area contributed by atoms with E-state index in [9.17, 15) is 4.79 Å². The number of furan rings is 1. The van der Waals surface area contributed by atoms with Crippen molar-refractivity contribution in [3.8, 4) is 0 Å². The van der Waals surface area contributed by atoms with Crippen molar-refractivity contribution in [2.24, 2.45) is 0 Å². The van der Waals surface area contributed by atoms with Gasteiger partial charge in [-0.2, -0.15) is 0 Å². The van der Waals surface area contributed by atoms with E-state index < -0.39 is 0 Å². The van der Waals surface area contributed by atoms with Crippen LogP contribution in [0.15, 0.2) is 33.4 Å². The van der Waals surface area contributed by atoms with Gasteiger partial charge >= 0.3 is 0 Å². The molecule has 1 aliphatic rings. The predicted molar refractivity (Wildman–Crippen MR) is 67.8 cm³/mol. The van der Waals surface area contributed by atoms with Crippen molar-refractivity contribution in [3.05, 3.63) is 41.7 Å². The van der Waals surface area contributed by atoms with E-state index in [1.807, 2.05) is 12.1 Å². The van der Waals surface area contributed by atoms with E-state index in [0.29, 0.717) is 18.2 Å². The van der Waals surface area contributed by atoms with Crippen LogP contribution in [-0.2, 0) is 6.42 Å². The SMILES string of the molecule is O=C(NCCCc1ccco1)c1cc(C2CC2)on1. The third-order valence-electron chi connectivity index (χ3n) is 3.21. The van der Waals surface area contributed by atoms with Crippen LogP contribution in [0, 0.1) is 0 Å². The molecule has 0 bridgehead atoms. The fraction of sp³-hybridized carbons (Fsp3) is 0.429. The van der Waals surface area contributed by atoms with E-state index in [2.05, 4.69) is 10.5 Å². The molecule has 3 rings (SSSR count). The quantitative estimate of drug-likeness (QED) is 0.810. The average molecular weight is 260 g/mol. The molecule has 0 saturated heterocycles. The smallest absolute Gasteiger partial charge is 0.273 e. The summed E-state index contributed by atoms with van der Waals surface area (Å²) in [6, 6.07) is 5.55. The van der Waals surface area contributed by atoms with E-state index in [-0.39, 0.29) is 5.91 Å². The van der Waals surface area contributed by atoms with Crippen molar-refractivity contribution in [1.82, 2.24) is 10.5 Å². The van der Waals surface area contributed by atoms with Crippen LogP contribution in [0.2, 0.25) is 0 Å². The summed E-state index contributed by atoms with van der Waals surface area (Å²) in [6.07, 6.45) is 5.59. The van der Waals surface area contributed by atoms with E-state index in [1.165, 1.54) is 0 Å². The first-order chi connectivity index (χ1) is 9.33. The lowest BCUT2D eigenvalue weighted by Gasteiger charge is -2.01. The number of aromatic nitrogens is 1. The number of nitrogens with one attached hydrogen (secondary N) is 1. The van der Waals surface area contributed by atoms with Crippen molar-refractivity contribution in [2.45, 2.75) is 31.6 Å². The molecule has 0 radical (unpaired) electrons. The Morgan fingerprint density at radius 1 is 1.47 bits per heavy atom. The minimum absolute atomic E-state index is 0.171. The van der Waals surface area contributed by atoms with Gasteiger partial charge in [-0.05, 0) is 31.4 Å². The lowest BCUT2D eigenvalue weighted by molar-refractivity contribution is 0.0944. The molecule has 0 spiro atoms. The Kier molecular flexibility index (Phi) is 3.35. The zero-order valence-electron chi connectivity index (χ0n) is 10.6. The number of amides is 1. The molecule has 2 aromatic rings. The fourth-order valence-corrected chi connectivity index (χ4v) is 1.97. The zero-order chi connectivity index (χ0) is 13.1. The third kappa shape index (κ3) is 3.05. The number of hydrogen-bond donors (Lipinski definition) is 1. The van der Waals surface area contributed by atoms with Gasteiger partial charge in [0.2, 0.25) is 0 Å². The molecular weight excluding hydrogens is 244 g/mol. The number of carbonyl (C=O) groups is 1. The fourth-order valence-electron chi connectivity index (χ4n) is 1.97. The van der Waals surface area contributed by atoms with Gasteiger partial charge in [-0.25, -0.2) is 0 Å². The summed E-state index contributed by atoms with van der Waals surface area (Å²) in [4.78, 5) is 11.8. The minimum atomic E-state index is -0.171. The van der Waals surface area contributed by atoms with Gasteiger partial charge in [0.25, 0.3) is 5.91 Å². The summed E-state index contributed by atoms with van der Waals surface area (Å²) >= 11 is 0.